The molecule has 0 aliphatic carbocycles. The SMILES string of the molecule is Cn1c2cccc3c4cncc5c6ccccc6n(c6cccc1c6c32)c45. The summed E-state index contributed by atoms with van der Waals surface area (Å²) in [6, 6.07) is 21.9. The van der Waals surface area contributed by atoms with Gasteiger partial charge >= 0.3 is 0 Å². The van der Waals surface area contributed by atoms with Gasteiger partial charge in [-0.15, -0.1) is 0 Å². The molecule has 0 saturated heterocycles. The van der Waals surface area contributed by atoms with Gasteiger partial charge in [0.15, 0.2) is 0 Å². The fourth-order valence-corrected chi connectivity index (χ4v) is 5.04. The first kappa shape index (κ1) is 13.6. The molecule has 0 spiro atoms. The second-order valence-corrected chi connectivity index (χ2v) is 7.37. The molecule has 27 heavy (non-hydrogen) atoms. The quantitative estimate of drug-likeness (QED) is 0.337. The third-order valence-electron chi connectivity index (χ3n) is 6.14. The molecule has 3 nitrogen and oxygen atoms in total. The summed E-state index contributed by atoms with van der Waals surface area (Å²) in [5.41, 5.74) is 6.27. The normalized spacial score (nSPS) is 12.6. The lowest BCUT2D eigenvalue weighted by atomic mass is 10.1. The molecular formula is C24H15N3. The fraction of sp³-hybridized carbons (Fsp3) is 0.0417. The highest BCUT2D eigenvalue weighted by Gasteiger charge is 2.19. The van der Waals surface area contributed by atoms with Gasteiger partial charge in [0.05, 0.1) is 22.1 Å². The molecule has 0 unspecified atom stereocenters. The highest BCUT2D eigenvalue weighted by molar-refractivity contribution is 6.30. The molecule has 0 aliphatic heterocycles. The molecule has 3 aromatic carbocycles. The maximum atomic E-state index is 4.62. The molecule has 3 heteroatoms. The van der Waals surface area contributed by atoms with Gasteiger partial charge in [0.2, 0.25) is 0 Å². The fourth-order valence-electron chi connectivity index (χ4n) is 5.04. The van der Waals surface area contributed by atoms with Gasteiger partial charge in [-0.3, -0.25) is 4.98 Å². The monoisotopic (exact) mass is 345 g/mol. The van der Waals surface area contributed by atoms with Crippen molar-refractivity contribution in [1.29, 1.82) is 0 Å². The van der Waals surface area contributed by atoms with Crippen molar-refractivity contribution in [3.05, 3.63) is 73.1 Å². The maximum Gasteiger partial charge on any atom is 0.0650 e. The van der Waals surface area contributed by atoms with E-state index in [1.165, 1.54) is 59.9 Å². The van der Waals surface area contributed by atoms with E-state index in [1.54, 1.807) is 0 Å². The molecule has 0 fully saturated rings. The van der Waals surface area contributed by atoms with Gasteiger partial charge in [-0.2, -0.15) is 0 Å². The van der Waals surface area contributed by atoms with E-state index < -0.39 is 0 Å². The van der Waals surface area contributed by atoms with E-state index in [0.717, 1.165) is 0 Å². The van der Waals surface area contributed by atoms with E-state index in [2.05, 4.69) is 81.7 Å². The maximum absolute atomic E-state index is 4.62. The van der Waals surface area contributed by atoms with Crippen LogP contribution in [0, 0.1) is 0 Å². The van der Waals surface area contributed by atoms with Gasteiger partial charge in [0, 0.05) is 51.9 Å². The lowest BCUT2D eigenvalue weighted by molar-refractivity contribution is 1.01. The molecule has 0 bridgehead atoms. The molecule has 126 valence electrons. The van der Waals surface area contributed by atoms with Crippen LogP contribution in [0.25, 0.3) is 59.9 Å². The van der Waals surface area contributed by atoms with Crippen LogP contribution in [0.15, 0.2) is 73.1 Å². The first-order chi connectivity index (χ1) is 13.3. The van der Waals surface area contributed by atoms with Crippen molar-refractivity contribution in [2.45, 2.75) is 0 Å². The van der Waals surface area contributed by atoms with Crippen LogP contribution in [0.1, 0.15) is 0 Å². The number of fused-ring (bicyclic) bond motifs is 5. The van der Waals surface area contributed by atoms with E-state index in [4.69, 9.17) is 0 Å². The Morgan fingerprint density at radius 1 is 0.593 bits per heavy atom. The first-order valence-corrected chi connectivity index (χ1v) is 9.22. The van der Waals surface area contributed by atoms with Gasteiger partial charge in [-0.25, -0.2) is 0 Å². The van der Waals surface area contributed by atoms with Crippen molar-refractivity contribution >= 4 is 59.9 Å². The molecule has 7 rings (SSSR count). The zero-order valence-electron chi connectivity index (χ0n) is 14.8. The lowest BCUT2D eigenvalue weighted by Crippen LogP contribution is -1.89. The van der Waals surface area contributed by atoms with Gasteiger partial charge < -0.3 is 8.97 Å². The molecule has 0 saturated carbocycles. The van der Waals surface area contributed by atoms with E-state index in [0.29, 0.717) is 0 Å². The van der Waals surface area contributed by atoms with Crippen LogP contribution >= 0.6 is 0 Å². The Morgan fingerprint density at radius 3 is 2.11 bits per heavy atom. The summed E-state index contributed by atoms with van der Waals surface area (Å²) in [5, 5.41) is 7.59. The number of para-hydroxylation sites is 1. The summed E-state index contributed by atoms with van der Waals surface area (Å²) in [6.45, 7) is 0. The van der Waals surface area contributed by atoms with Gasteiger partial charge in [0.25, 0.3) is 0 Å². The van der Waals surface area contributed by atoms with E-state index in [1.807, 2.05) is 12.4 Å². The minimum atomic E-state index is 1.21. The Bertz CT molecular complexity index is 1680. The predicted octanol–water partition coefficient (Wildman–Crippen LogP) is 5.88. The largest absolute Gasteiger partial charge is 0.344 e. The number of rotatable bonds is 0. The molecule has 4 aromatic heterocycles. The molecule has 0 N–H and O–H groups in total. The molecule has 0 aliphatic rings. The van der Waals surface area contributed by atoms with Gasteiger partial charge in [-0.05, 0) is 29.7 Å². The van der Waals surface area contributed by atoms with Crippen LogP contribution in [0.3, 0.4) is 0 Å². The zero-order valence-corrected chi connectivity index (χ0v) is 14.8. The Hall–Kier alpha value is -3.59. The Balaban J connectivity index is 2.06. The van der Waals surface area contributed by atoms with Crippen LogP contribution in [0.4, 0.5) is 0 Å². The van der Waals surface area contributed by atoms with Crippen molar-refractivity contribution in [1.82, 2.24) is 14.0 Å². The van der Waals surface area contributed by atoms with Crippen molar-refractivity contribution in [2.75, 3.05) is 0 Å². The molecule has 7 aromatic rings. The minimum absolute atomic E-state index is 1.21. The van der Waals surface area contributed by atoms with Crippen LogP contribution in [0.5, 0.6) is 0 Å². The van der Waals surface area contributed by atoms with Crippen molar-refractivity contribution in [3.8, 4) is 0 Å². The number of pyridine rings is 1. The van der Waals surface area contributed by atoms with E-state index in [-0.39, 0.29) is 0 Å². The Kier molecular flexibility index (Phi) is 2.21. The number of aromatic nitrogens is 3. The highest BCUT2D eigenvalue weighted by atomic mass is 15.0. The smallest absolute Gasteiger partial charge is 0.0650 e. The average molecular weight is 345 g/mol. The molecule has 0 amide bonds. The third kappa shape index (κ3) is 1.41. The Morgan fingerprint density at radius 2 is 1.22 bits per heavy atom. The minimum Gasteiger partial charge on any atom is -0.344 e. The first-order valence-electron chi connectivity index (χ1n) is 9.22. The summed E-state index contributed by atoms with van der Waals surface area (Å²) >= 11 is 0. The van der Waals surface area contributed by atoms with Crippen LogP contribution < -0.4 is 0 Å². The number of aryl methyl sites for hydroxylation is 1. The highest BCUT2D eigenvalue weighted by Crippen LogP contribution is 2.42. The molecular weight excluding hydrogens is 330 g/mol. The van der Waals surface area contributed by atoms with Crippen LogP contribution in [0.2, 0.25) is 0 Å². The number of benzene rings is 3. The summed E-state index contributed by atoms with van der Waals surface area (Å²) < 4.78 is 4.74. The summed E-state index contributed by atoms with van der Waals surface area (Å²) in [4.78, 5) is 4.62. The van der Waals surface area contributed by atoms with Crippen LogP contribution in [-0.4, -0.2) is 14.0 Å². The van der Waals surface area contributed by atoms with Crippen molar-refractivity contribution in [2.24, 2.45) is 7.05 Å². The number of hydrogen-bond donors (Lipinski definition) is 0. The van der Waals surface area contributed by atoms with E-state index in [9.17, 15) is 0 Å². The average Bonchev–Trinajstić information content (AvgIpc) is 3.16. The predicted molar refractivity (Wildman–Crippen MR) is 113 cm³/mol. The third-order valence-corrected chi connectivity index (χ3v) is 6.14. The number of hydrogen-bond acceptors (Lipinski definition) is 1. The Labute approximate surface area is 154 Å². The molecule has 0 radical (unpaired) electrons. The molecule has 4 heterocycles. The van der Waals surface area contributed by atoms with E-state index >= 15 is 0 Å². The lowest BCUT2D eigenvalue weighted by Gasteiger charge is -2.03. The topological polar surface area (TPSA) is 22.2 Å². The standard InChI is InChI=1S/C24H15N3/c1-26-19-9-4-7-15-17-13-25-12-16-14-6-2-3-8-18(14)27(24(16)17)21-11-5-10-20(26)23(21)22(15)19/h2-13H,1H3. The summed E-state index contributed by atoms with van der Waals surface area (Å²) in [7, 11) is 2.16. The van der Waals surface area contributed by atoms with Crippen LogP contribution in [-0.2, 0) is 7.05 Å². The van der Waals surface area contributed by atoms with Crippen molar-refractivity contribution in [3.63, 3.8) is 0 Å². The summed E-state index contributed by atoms with van der Waals surface area (Å²) in [6.07, 6.45) is 4.03. The molecule has 0 atom stereocenters. The van der Waals surface area contributed by atoms with Crippen molar-refractivity contribution < 1.29 is 0 Å². The summed E-state index contributed by atoms with van der Waals surface area (Å²) in [5.74, 6) is 0. The zero-order chi connectivity index (χ0) is 17.7. The second-order valence-electron chi connectivity index (χ2n) is 7.37. The second kappa shape index (κ2) is 4.38. The van der Waals surface area contributed by atoms with Gasteiger partial charge in [-0.1, -0.05) is 36.4 Å². The van der Waals surface area contributed by atoms with Gasteiger partial charge in [0.1, 0.15) is 0 Å². The number of nitrogens with zero attached hydrogens (tertiary/aromatic N) is 3.